The number of nitrogens with zero attached hydrogens (tertiary/aromatic N) is 2. The molecular formula is C19H20N6O5. The number of aliphatic hydroxyl groups is 1. The number of amides is 4. The van der Waals surface area contributed by atoms with Crippen LogP contribution in [0, 0.1) is 0 Å². The van der Waals surface area contributed by atoms with Gasteiger partial charge in [-0.3, -0.25) is 14.7 Å². The number of carbonyl (C=O) groups excluding carboxylic acids is 3. The summed E-state index contributed by atoms with van der Waals surface area (Å²) in [4.78, 5) is 38.9. The van der Waals surface area contributed by atoms with Crippen molar-refractivity contribution in [2.45, 2.75) is 6.04 Å². The highest BCUT2D eigenvalue weighted by Gasteiger charge is 2.17. The van der Waals surface area contributed by atoms with Gasteiger partial charge in [0.05, 0.1) is 12.1 Å². The van der Waals surface area contributed by atoms with Crippen molar-refractivity contribution in [1.82, 2.24) is 20.2 Å². The summed E-state index contributed by atoms with van der Waals surface area (Å²) in [5, 5.41) is 17.1. The van der Waals surface area contributed by atoms with E-state index in [-0.39, 0.29) is 11.8 Å². The molecule has 0 spiro atoms. The van der Waals surface area contributed by atoms with Crippen molar-refractivity contribution in [3.63, 3.8) is 0 Å². The van der Waals surface area contributed by atoms with Crippen LogP contribution < -0.4 is 26.4 Å². The Morgan fingerprint density at radius 2 is 1.97 bits per heavy atom. The number of pyridine rings is 1. The summed E-state index contributed by atoms with van der Waals surface area (Å²) in [5.41, 5.74) is 5.79. The number of hydrogen-bond donors (Lipinski definition) is 5. The Labute approximate surface area is 170 Å². The lowest BCUT2D eigenvalue weighted by atomic mass is 10.2. The van der Waals surface area contributed by atoms with Gasteiger partial charge in [0, 0.05) is 30.9 Å². The lowest BCUT2D eigenvalue weighted by Gasteiger charge is -2.13. The van der Waals surface area contributed by atoms with E-state index in [1.807, 2.05) is 0 Å². The zero-order valence-electron chi connectivity index (χ0n) is 16.0. The number of rotatable bonds is 6. The average molecular weight is 412 g/mol. The molecule has 0 saturated carbocycles. The van der Waals surface area contributed by atoms with Crippen LogP contribution in [0.4, 0.5) is 15.4 Å². The molecule has 1 aromatic carbocycles. The molecule has 2 aromatic heterocycles. The lowest BCUT2D eigenvalue weighted by molar-refractivity contribution is -0.120. The molecule has 156 valence electrons. The van der Waals surface area contributed by atoms with Crippen molar-refractivity contribution < 1.29 is 24.2 Å². The third-order valence-corrected chi connectivity index (χ3v) is 4.13. The third-order valence-electron chi connectivity index (χ3n) is 4.13. The highest BCUT2D eigenvalue weighted by Crippen LogP contribution is 2.27. The van der Waals surface area contributed by atoms with Crippen LogP contribution in [0.1, 0.15) is 0 Å². The topological polar surface area (TPSA) is 161 Å². The van der Waals surface area contributed by atoms with E-state index in [1.54, 1.807) is 43.6 Å². The number of anilines is 1. The number of fused-ring (bicyclic) bond motifs is 1. The fraction of sp³-hybridized carbons (Fsp3) is 0.158. The second-order valence-electron chi connectivity index (χ2n) is 6.18. The predicted molar refractivity (Wildman–Crippen MR) is 108 cm³/mol. The molecule has 0 bridgehead atoms. The predicted octanol–water partition coefficient (Wildman–Crippen LogP) is 0.984. The minimum Gasteiger partial charge on any atom is -0.457 e. The van der Waals surface area contributed by atoms with Gasteiger partial charge in [0.2, 0.25) is 5.91 Å². The number of aromatic nitrogens is 2. The molecule has 0 fully saturated rings. The van der Waals surface area contributed by atoms with Crippen LogP contribution in [0.25, 0.3) is 10.9 Å². The highest BCUT2D eigenvalue weighted by atomic mass is 16.5. The average Bonchev–Trinajstić information content (AvgIpc) is 3.14. The summed E-state index contributed by atoms with van der Waals surface area (Å²) >= 11 is 0. The van der Waals surface area contributed by atoms with Crippen molar-refractivity contribution in [3.8, 4) is 11.5 Å². The van der Waals surface area contributed by atoms with E-state index < -0.39 is 24.6 Å². The van der Waals surface area contributed by atoms with Crippen molar-refractivity contribution in [2.75, 3.05) is 19.0 Å². The Morgan fingerprint density at radius 1 is 1.20 bits per heavy atom. The van der Waals surface area contributed by atoms with E-state index in [2.05, 4.69) is 20.9 Å². The van der Waals surface area contributed by atoms with E-state index in [1.165, 1.54) is 16.8 Å². The fourth-order valence-corrected chi connectivity index (χ4v) is 2.68. The van der Waals surface area contributed by atoms with Gasteiger partial charge in [-0.15, -0.1) is 0 Å². The Morgan fingerprint density at radius 3 is 2.67 bits per heavy atom. The molecule has 0 aliphatic rings. The van der Waals surface area contributed by atoms with E-state index in [9.17, 15) is 14.4 Å². The number of aliphatic hydroxyl groups excluding tert-OH is 1. The molecule has 11 heteroatoms. The van der Waals surface area contributed by atoms with Crippen LogP contribution in [0.5, 0.6) is 11.5 Å². The number of hydrogen-bond acceptors (Lipinski definition) is 6. The Balaban J connectivity index is 1.71. The van der Waals surface area contributed by atoms with Gasteiger partial charge >= 0.3 is 12.1 Å². The van der Waals surface area contributed by atoms with Gasteiger partial charge in [-0.05, 0) is 30.3 Å². The van der Waals surface area contributed by atoms with E-state index in [0.717, 1.165) is 10.9 Å². The molecule has 0 aliphatic heterocycles. The lowest BCUT2D eigenvalue weighted by Crippen LogP contribution is -2.48. The summed E-state index contributed by atoms with van der Waals surface area (Å²) < 4.78 is 7.29. The number of ether oxygens (including phenoxy) is 1. The summed E-state index contributed by atoms with van der Waals surface area (Å²) in [6.45, 7) is -0.622. The van der Waals surface area contributed by atoms with Crippen LogP contribution in [0.2, 0.25) is 0 Å². The van der Waals surface area contributed by atoms with Crippen molar-refractivity contribution >= 4 is 34.7 Å². The molecule has 0 saturated heterocycles. The number of urea groups is 1. The second-order valence-corrected chi connectivity index (χ2v) is 6.18. The summed E-state index contributed by atoms with van der Waals surface area (Å²) in [5.74, 6) is 0.225. The van der Waals surface area contributed by atoms with Gasteiger partial charge in [0.15, 0.2) is 0 Å². The van der Waals surface area contributed by atoms with Crippen LogP contribution >= 0.6 is 0 Å². The van der Waals surface area contributed by atoms with Crippen molar-refractivity contribution in [1.29, 1.82) is 0 Å². The number of nitrogens with two attached hydrogens (primary N) is 1. The molecule has 3 aromatic rings. The molecule has 0 radical (unpaired) electrons. The first-order valence-corrected chi connectivity index (χ1v) is 8.86. The summed E-state index contributed by atoms with van der Waals surface area (Å²) in [6.07, 6.45) is 3.09. The van der Waals surface area contributed by atoms with Gasteiger partial charge in [-0.1, -0.05) is 0 Å². The van der Waals surface area contributed by atoms with E-state index in [4.69, 9.17) is 15.6 Å². The smallest absolute Gasteiger partial charge is 0.325 e. The third kappa shape index (κ3) is 4.64. The minimum absolute atomic E-state index is 0.165. The van der Waals surface area contributed by atoms with Crippen molar-refractivity contribution in [3.05, 3.63) is 48.8 Å². The van der Waals surface area contributed by atoms with Gasteiger partial charge in [-0.2, -0.15) is 0 Å². The number of carbonyl (C=O) groups is 3. The van der Waals surface area contributed by atoms with Gasteiger partial charge < -0.3 is 26.2 Å². The molecule has 0 unspecified atom stereocenters. The first kappa shape index (κ1) is 20.6. The maximum atomic E-state index is 11.9. The first-order chi connectivity index (χ1) is 14.4. The highest BCUT2D eigenvalue weighted by molar-refractivity contribution is 5.93. The molecule has 30 heavy (non-hydrogen) atoms. The van der Waals surface area contributed by atoms with Crippen LogP contribution in [0.3, 0.4) is 0 Å². The Hall–Kier alpha value is -4.12. The zero-order valence-corrected chi connectivity index (χ0v) is 16.0. The SMILES string of the molecule is CNC(=O)n1ccc2cc(Oc3ccnc(NC(=O)N[C@@H](CO)C(N)=O)c3)ccc21. The maximum absolute atomic E-state index is 11.9. The Bertz CT molecular complexity index is 1100. The first-order valence-electron chi connectivity index (χ1n) is 8.86. The summed E-state index contributed by atoms with van der Waals surface area (Å²) in [6, 6.07) is 7.90. The largest absolute Gasteiger partial charge is 0.457 e. The van der Waals surface area contributed by atoms with Gasteiger partial charge in [0.25, 0.3) is 0 Å². The molecule has 3 rings (SSSR count). The zero-order chi connectivity index (χ0) is 21.7. The van der Waals surface area contributed by atoms with Gasteiger partial charge in [-0.25, -0.2) is 14.6 Å². The molecular weight excluding hydrogens is 392 g/mol. The minimum atomic E-state index is -1.21. The number of benzene rings is 1. The number of primary amides is 1. The molecule has 6 N–H and O–H groups in total. The van der Waals surface area contributed by atoms with Crippen LogP contribution in [0.15, 0.2) is 48.8 Å². The molecule has 1 atom stereocenters. The standard InChI is InChI=1S/C19H20N6O5/c1-21-19(29)25-7-5-11-8-12(2-3-15(11)25)30-13-4-6-22-16(9-13)24-18(28)23-14(10-26)17(20)27/h2-9,14,26H,10H2,1H3,(H2,20,27)(H,21,29)(H2,22,23,24,28)/t14-/m0/s1. The monoisotopic (exact) mass is 412 g/mol. The summed E-state index contributed by atoms with van der Waals surface area (Å²) in [7, 11) is 1.55. The molecule has 2 heterocycles. The van der Waals surface area contributed by atoms with E-state index in [0.29, 0.717) is 11.5 Å². The molecule has 4 amide bonds. The quantitative estimate of drug-likeness (QED) is 0.406. The van der Waals surface area contributed by atoms with E-state index >= 15 is 0 Å². The van der Waals surface area contributed by atoms with Gasteiger partial charge in [0.1, 0.15) is 23.4 Å². The number of nitrogens with one attached hydrogen (secondary N) is 3. The van der Waals surface area contributed by atoms with Crippen LogP contribution in [-0.2, 0) is 4.79 Å². The normalized spacial score (nSPS) is 11.5. The second kappa shape index (κ2) is 8.92. The Kier molecular flexibility index (Phi) is 6.13. The van der Waals surface area contributed by atoms with Crippen molar-refractivity contribution in [2.24, 2.45) is 5.73 Å². The fourth-order valence-electron chi connectivity index (χ4n) is 2.68. The maximum Gasteiger partial charge on any atom is 0.325 e. The molecule has 11 nitrogen and oxygen atoms in total. The molecule has 0 aliphatic carbocycles. The van der Waals surface area contributed by atoms with Crippen LogP contribution in [-0.4, -0.2) is 52.3 Å².